The SMILES string of the molecule is CC1(C)CC(=O)[C@H]([C@@]2(O)C(=O)Nc3ccc(Br)cc32)CO1. The van der Waals surface area contributed by atoms with Gasteiger partial charge in [0.05, 0.1) is 18.1 Å². The van der Waals surface area contributed by atoms with Crippen molar-refractivity contribution in [3.8, 4) is 0 Å². The molecule has 0 aromatic heterocycles. The van der Waals surface area contributed by atoms with Crippen LogP contribution in [0, 0.1) is 5.92 Å². The molecule has 0 aliphatic carbocycles. The maximum absolute atomic E-state index is 12.4. The zero-order chi connectivity index (χ0) is 15.4. The Balaban J connectivity index is 2.04. The predicted octanol–water partition coefficient (Wildman–Crippen LogP) is 1.97. The number of ether oxygens (including phenoxy) is 1. The van der Waals surface area contributed by atoms with Crippen molar-refractivity contribution in [2.24, 2.45) is 5.92 Å². The zero-order valence-electron chi connectivity index (χ0n) is 11.8. The van der Waals surface area contributed by atoms with Crippen molar-refractivity contribution in [3.05, 3.63) is 28.2 Å². The van der Waals surface area contributed by atoms with Crippen LogP contribution >= 0.6 is 15.9 Å². The van der Waals surface area contributed by atoms with Crippen LogP contribution in [0.25, 0.3) is 0 Å². The Morgan fingerprint density at radius 1 is 1.38 bits per heavy atom. The molecule has 0 saturated carbocycles. The summed E-state index contributed by atoms with van der Waals surface area (Å²) in [6, 6.07) is 5.14. The van der Waals surface area contributed by atoms with E-state index < -0.39 is 23.0 Å². The molecule has 6 heteroatoms. The van der Waals surface area contributed by atoms with E-state index in [1.165, 1.54) is 0 Å². The summed E-state index contributed by atoms with van der Waals surface area (Å²) in [5.41, 5.74) is -1.47. The number of benzene rings is 1. The van der Waals surface area contributed by atoms with E-state index in [1.807, 2.05) is 13.8 Å². The average molecular weight is 354 g/mol. The van der Waals surface area contributed by atoms with Crippen molar-refractivity contribution in [2.75, 3.05) is 11.9 Å². The number of hydrogen-bond acceptors (Lipinski definition) is 4. The minimum Gasteiger partial charge on any atom is -0.375 e. The largest absolute Gasteiger partial charge is 0.375 e. The van der Waals surface area contributed by atoms with Gasteiger partial charge in [-0.25, -0.2) is 0 Å². The second kappa shape index (κ2) is 4.63. The summed E-state index contributed by atoms with van der Waals surface area (Å²) in [5, 5.41) is 13.6. The number of carbonyl (C=O) groups is 2. The third-order valence-electron chi connectivity index (χ3n) is 4.12. The van der Waals surface area contributed by atoms with Crippen LogP contribution in [-0.4, -0.2) is 29.0 Å². The fourth-order valence-corrected chi connectivity index (χ4v) is 3.34. The lowest BCUT2D eigenvalue weighted by molar-refractivity contribution is -0.171. The normalized spacial score (nSPS) is 31.0. The summed E-state index contributed by atoms with van der Waals surface area (Å²) in [4.78, 5) is 24.7. The molecule has 0 spiro atoms. The summed E-state index contributed by atoms with van der Waals surface area (Å²) >= 11 is 3.33. The minimum atomic E-state index is -1.87. The molecule has 2 heterocycles. The number of rotatable bonds is 1. The van der Waals surface area contributed by atoms with Gasteiger partial charge < -0.3 is 15.2 Å². The molecule has 0 radical (unpaired) electrons. The number of fused-ring (bicyclic) bond motifs is 1. The summed E-state index contributed by atoms with van der Waals surface area (Å²) in [5.74, 6) is -1.62. The summed E-state index contributed by atoms with van der Waals surface area (Å²) in [6.07, 6.45) is 0.177. The molecular weight excluding hydrogens is 338 g/mol. The number of hydrogen-bond donors (Lipinski definition) is 2. The summed E-state index contributed by atoms with van der Waals surface area (Å²) in [6.45, 7) is 3.68. The van der Waals surface area contributed by atoms with E-state index >= 15 is 0 Å². The van der Waals surface area contributed by atoms with E-state index in [1.54, 1.807) is 18.2 Å². The molecule has 2 atom stereocenters. The van der Waals surface area contributed by atoms with Crippen LogP contribution in [0.2, 0.25) is 0 Å². The van der Waals surface area contributed by atoms with E-state index in [4.69, 9.17) is 4.74 Å². The Morgan fingerprint density at radius 3 is 2.76 bits per heavy atom. The van der Waals surface area contributed by atoms with Crippen LogP contribution in [-0.2, 0) is 19.9 Å². The van der Waals surface area contributed by atoms with E-state index in [0.29, 0.717) is 11.3 Å². The maximum Gasteiger partial charge on any atom is 0.261 e. The Kier molecular flexibility index (Phi) is 3.24. The molecule has 3 rings (SSSR count). The fraction of sp³-hybridized carbons (Fsp3) is 0.467. The molecule has 21 heavy (non-hydrogen) atoms. The molecule has 2 N–H and O–H groups in total. The molecule has 112 valence electrons. The highest BCUT2D eigenvalue weighted by Crippen LogP contribution is 2.45. The van der Waals surface area contributed by atoms with Crippen LogP contribution in [0.3, 0.4) is 0 Å². The summed E-state index contributed by atoms with van der Waals surface area (Å²) in [7, 11) is 0. The van der Waals surface area contributed by atoms with Gasteiger partial charge in [0, 0.05) is 22.1 Å². The van der Waals surface area contributed by atoms with Crippen molar-refractivity contribution in [3.63, 3.8) is 0 Å². The van der Waals surface area contributed by atoms with E-state index in [0.717, 1.165) is 4.47 Å². The number of anilines is 1. The van der Waals surface area contributed by atoms with Crippen LogP contribution < -0.4 is 5.32 Å². The van der Waals surface area contributed by atoms with Crippen molar-refractivity contribution in [1.29, 1.82) is 0 Å². The highest BCUT2D eigenvalue weighted by Gasteiger charge is 2.56. The van der Waals surface area contributed by atoms with Crippen molar-refractivity contribution >= 4 is 33.3 Å². The summed E-state index contributed by atoms with van der Waals surface area (Å²) < 4.78 is 6.38. The number of nitrogens with one attached hydrogen (secondary N) is 1. The van der Waals surface area contributed by atoms with Crippen LogP contribution in [0.15, 0.2) is 22.7 Å². The fourth-order valence-electron chi connectivity index (χ4n) is 2.98. The average Bonchev–Trinajstić information content (AvgIpc) is 2.62. The highest BCUT2D eigenvalue weighted by atomic mass is 79.9. The topological polar surface area (TPSA) is 75.6 Å². The standard InChI is InChI=1S/C15H16BrNO4/c1-14(2)6-12(18)10(7-21-14)15(20)9-5-8(16)3-4-11(9)17-13(15)19/h3-5,10,20H,6-7H2,1-2H3,(H,17,19)/t10-,15-/m1/s1. The lowest BCUT2D eigenvalue weighted by Gasteiger charge is -2.39. The highest BCUT2D eigenvalue weighted by molar-refractivity contribution is 9.10. The van der Waals surface area contributed by atoms with Gasteiger partial charge in [0.2, 0.25) is 0 Å². The number of aliphatic hydroxyl groups is 1. The first kappa shape index (κ1) is 14.7. The van der Waals surface area contributed by atoms with E-state index in [2.05, 4.69) is 21.2 Å². The quantitative estimate of drug-likeness (QED) is 0.809. The molecule has 1 fully saturated rings. The van der Waals surface area contributed by atoms with Gasteiger partial charge in [-0.2, -0.15) is 0 Å². The lowest BCUT2D eigenvalue weighted by Crippen LogP contribution is -2.53. The third kappa shape index (κ3) is 2.22. The van der Waals surface area contributed by atoms with E-state index in [-0.39, 0.29) is 18.8 Å². The first-order valence-corrected chi connectivity index (χ1v) is 7.54. The molecule has 0 unspecified atom stereocenters. The molecule has 1 aromatic carbocycles. The van der Waals surface area contributed by atoms with Gasteiger partial charge in [-0.05, 0) is 32.0 Å². The maximum atomic E-state index is 12.4. The molecule has 5 nitrogen and oxygen atoms in total. The van der Waals surface area contributed by atoms with Gasteiger partial charge >= 0.3 is 0 Å². The predicted molar refractivity (Wildman–Crippen MR) is 79.8 cm³/mol. The van der Waals surface area contributed by atoms with Crippen LogP contribution in [0.4, 0.5) is 5.69 Å². The molecule has 2 aliphatic heterocycles. The van der Waals surface area contributed by atoms with Gasteiger partial charge in [-0.15, -0.1) is 0 Å². The van der Waals surface area contributed by atoms with Gasteiger partial charge in [-0.3, -0.25) is 9.59 Å². The Hall–Kier alpha value is -1.24. The van der Waals surface area contributed by atoms with Crippen molar-refractivity contribution in [2.45, 2.75) is 31.5 Å². The first-order chi connectivity index (χ1) is 9.74. The molecule has 0 bridgehead atoms. The number of amides is 1. The molecule has 1 aromatic rings. The number of ketones is 1. The Labute approximate surface area is 130 Å². The number of halogens is 1. The first-order valence-electron chi connectivity index (χ1n) is 6.74. The van der Waals surface area contributed by atoms with Gasteiger partial charge in [0.25, 0.3) is 5.91 Å². The molecule has 1 amide bonds. The van der Waals surface area contributed by atoms with Gasteiger partial charge in [-0.1, -0.05) is 15.9 Å². The zero-order valence-corrected chi connectivity index (χ0v) is 13.4. The molecular formula is C15H16BrNO4. The van der Waals surface area contributed by atoms with Gasteiger partial charge in [0.1, 0.15) is 5.78 Å². The smallest absolute Gasteiger partial charge is 0.261 e. The van der Waals surface area contributed by atoms with Gasteiger partial charge in [0.15, 0.2) is 5.60 Å². The Bertz CT molecular complexity index is 643. The second-order valence-corrected chi connectivity index (χ2v) is 7.09. The van der Waals surface area contributed by atoms with Crippen molar-refractivity contribution < 1.29 is 19.4 Å². The van der Waals surface area contributed by atoms with Crippen LogP contribution in [0.5, 0.6) is 0 Å². The lowest BCUT2D eigenvalue weighted by atomic mass is 9.76. The minimum absolute atomic E-state index is 0.0295. The van der Waals surface area contributed by atoms with E-state index in [9.17, 15) is 14.7 Å². The van der Waals surface area contributed by atoms with Crippen molar-refractivity contribution in [1.82, 2.24) is 0 Å². The molecule has 2 aliphatic rings. The second-order valence-electron chi connectivity index (χ2n) is 6.18. The monoisotopic (exact) mass is 353 g/mol. The Morgan fingerprint density at radius 2 is 2.10 bits per heavy atom. The van der Waals surface area contributed by atoms with Crippen LogP contribution in [0.1, 0.15) is 25.8 Å². The number of Topliss-reactive ketones (excluding diaryl/α,β-unsaturated/α-hetero) is 1. The third-order valence-corrected chi connectivity index (χ3v) is 4.61. The number of carbonyl (C=O) groups excluding carboxylic acids is 2. The molecule has 1 saturated heterocycles.